The number of aromatic nitrogens is 2. The van der Waals surface area contributed by atoms with E-state index in [9.17, 15) is 0 Å². The maximum absolute atomic E-state index is 4.60. The van der Waals surface area contributed by atoms with Crippen LogP contribution in [-0.4, -0.2) is 9.97 Å². The molecular formula is C19H17N3. The Hall–Kier alpha value is -2.68. The van der Waals surface area contributed by atoms with E-state index >= 15 is 0 Å². The maximum atomic E-state index is 4.60. The number of pyridine rings is 2. The summed E-state index contributed by atoms with van der Waals surface area (Å²) in [4.78, 5) is 8.98. The van der Waals surface area contributed by atoms with Gasteiger partial charge in [0, 0.05) is 23.6 Å². The number of rotatable bonds is 4. The van der Waals surface area contributed by atoms with Crippen molar-refractivity contribution in [3.63, 3.8) is 0 Å². The topological polar surface area (TPSA) is 37.8 Å². The zero-order valence-corrected chi connectivity index (χ0v) is 12.2. The summed E-state index contributed by atoms with van der Waals surface area (Å²) in [5.74, 6) is 1.58. The molecule has 0 unspecified atom stereocenters. The first-order chi connectivity index (χ1) is 10.9. The van der Waals surface area contributed by atoms with Crippen molar-refractivity contribution < 1.29 is 0 Å². The van der Waals surface area contributed by atoms with Crippen LogP contribution in [-0.2, 0) is 0 Å². The molecule has 108 valence electrons. The van der Waals surface area contributed by atoms with Gasteiger partial charge in [0.05, 0.1) is 5.69 Å². The van der Waals surface area contributed by atoms with Crippen LogP contribution in [0.4, 0.5) is 11.5 Å². The second-order valence-corrected chi connectivity index (χ2v) is 5.67. The van der Waals surface area contributed by atoms with E-state index in [1.165, 1.54) is 18.4 Å². The predicted octanol–water partition coefficient (Wildman–Crippen LogP) is 4.76. The zero-order chi connectivity index (χ0) is 14.8. The molecule has 3 aromatic rings. The van der Waals surface area contributed by atoms with Gasteiger partial charge in [-0.15, -0.1) is 0 Å². The minimum atomic E-state index is 0.745. The number of nitrogens with zero attached hydrogens (tertiary/aromatic N) is 2. The molecule has 1 fully saturated rings. The molecule has 22 heavy (non-hydrogen) atoms. The van der Waals surface area contributed by atoms with Crippen LogP contribution in [0.1, 0.15) is 24.3 Å². The van der Waals surface area contributed by atoms with E-state index in [0.29, 0.717) is 0 Å². The summed E-state index contributed by atoms with van der Waals surface area (Å²) in [5, 5.41) is 3.31. The lowest BCUT2D eigenvalue weighted by Crippen LogP contribution is -1.94. The number of hydrogen-bond acceptors (Lipinski definition) is 3. The molecule has 1 aromatic carbocycles. The monoisotopic (exact) mass is 287 g/mol. The van der Waals surface area contributed by atoms with Gasteiger partial charge in [-0.3, -0.25) is 4.98 Å². The Morgan fingerprint density at radius 3 is 2.50 bits per heavy atom. The number of hydrogen-bond donors (Lipinski definition) is 1. The van der Waals surface area contributed by atoms with Crippen LogP contribution >= 0.6 is 0 Å². The molecule has 1 aliphatic carbocycles. The zero-order valence-electron chi connectivity index (χ0n) is 12.2. The van der Waals surface area contributed by atoms with Crippen molar-refractivity contribution in [3.05, 3.63) is 72.6 Å². The molecule has 0 radical (unpaired) electrons. The van der Waals surface area contributed by atoms with E-state index in [-0.39, 0.29) is 0 Å². The fraction of sp³-hybridized carbons (Fsp3) is 0.158. The molecule has 0 amide bonds. The van der Waals surface area contributed by atoms with Crippen molar-refractivity contribution >= 4 is 11.5 Å². The van der Waals surface area contributed by atoms with Gasteiger partial charge in [-0.1, -0.05) is 24.3 Å². The standard InChI is InChI=1S/C19H17N3/c1-2-4-17(5-3-1)22-19-12-15(10-11-20-19)18-9-8-16(13-21-18)14-6-7-14/h1-5,8-14H,6-7H2,(H,20,22). The largest absolute Gasteiger partial charge is 0.340 e. The lowest BCUT2D eigenvalue weighted by Gasteiger charge is -2.07. The Kier molecular flexibility index (Phi) is 3.31. The number of nitrogens with one attached hydrogen (secondary N) is 1. The van der Waals surface area contributed by atoms with Crippen LogP contribution < -0.4 is 5.32 Å². The highest BCUT2D eigenvalue weighted by Crippen LogP contribution is 2.39. The normalized spacial score (nSPS) is 13.8. The summed E-state index contributed by atoms with van der Waals surface area (Å²) < 4.78 is 0. The lowest BCUT2D eigenvalue weighted by atomic mass is 10.1. The quantitative estimate of drug-likeness (QED) is 0.751. The van der Waals surface area contributed by atoms with Crippen molar-refractivity contribution in [2.75, 3.05) is 5.32 Å². The van der Waals surface area contributed by atoms with E-state index in [0.717, 1.165) is 28.7 Å². The molecule has 4 rings (SSSR count). The molecule has 0 bridgehead atoms. The molecule has 0 aliphatic heterocycles. The lowest BCUT2D eigenvalue weighted by molar-refractivity contribution is 1.09. The van der Waals surface area contributed by atoms with Crippen molar-refractivity contribution in [3.8, 4) is 11.3 Å². The highest BCUT2D eigenvalue weighted by molar-refractivity contribution is 5.66. The Morgan fingerprint density at radius 2 is 1.77 bits per heavy atom. The van der Waals surface area contributed by atoms with Crippen LogP contribution in [0.25, 0.3) is 11.3 Å². The first-order valence-corrected chi connectivity index (χ1v) is 7.63. The van der Waals surface area contributed by atoms with Crippen LogP contribution in [0, 0.1) is 0 Å². The molecule has 0 saturated heterocycles. The van der Waals surface area contributed by atoms with Gasteiger partial charge in [-0.2, -0.15) is 0 Å². The molecule has 0 atom stereocenters. The Labute approximate surface area is 130 Å². The van der Waals surface area contributed by atoms with Gasteiger partial charge in [0.15, 0.2) is 0 Å². The highest BCUT2D eigenvalue weighted by Gasteiger charge is 2.23. The average Bonchev–Trinajstić information content (AvgIpc) is 3.41. The summed E-state index contributed by atoms with van der Waals surface area (Å²) in [6, 6.07) is 18.4. The minimum Gasteiger partial charge on any atom is -0.340 e. The predicted molar refractivity (Wildman–Crippen MR) is 89.2 cm³/mol. The van der Waals surface area contributed by atoms with E-state index in [1.54, 1.807) is 0 Å². The smallest absolute Gasteiger partial charge is 0.130 e. The molecule has 3 nitrogen and oxygen atoms in total. The Morgan fingerprint density at radius 1 is 0.909 bits per heavy atom. The number of anilines is 2. The van der Waals surface area contributed by atoms with Gasteiger partial charge in [0.1, 0.15) is 5.82 Å². The van der Waals surface area contributed by atoms with Gasteiger partial charge in [0.25, 0.3) is 0 Å². The highest BCUT2D eigenvalue weighted by atomic mass is 15.0. The van der Waals surface area contributed by atoms with Crippen molar-refractivity contribution in [1.82, 2.24) is 9.97 Å². The average molecular weight is 287 g/mol. The SMILES string of the molecule is c1ccc(Nc2cc(-c3ccc(C4CC4)cn3)ccn2)cc1. The molecule has 0 spiro atoms. The molecular weight excluding hydrogens is 270 g/mol. The van der Waals surface area contributed by atoms with Crippen molar-refractivity contribution in [1.29, 1.82) is 0 Å². The van der Waals surface area contributed by atoms with Crippen molar-refractivity contribution in [2.24, 2.45) is 0 Å². The first kappa shape index (κ1) is 13.0. The second-order valence-electron chi connectivity index (χ2n) is 5.67. The third kappa shape index (κ3) is 2.84. The summed E-state index contributed by atoms with van der Waals surface area (Å²) in [7, 11) is 0. The third-order valence-electron chi connectivity index (χ3n) is 3.94. The fourth-order valence-corrected chi connectivity index (χ4v) is 2.56. The van der Waals surface area contributed by atoms with Gasteiger partial charge in [-0.05, 0) is 54.7 Å². The van der Waals surface area contributed by atoms with Crippen LogP contribution in [0.5, 0.6) is 0 Å². The molecule has 1 saturated carbocycles. The summed E-state index contributed by atoms with van der Waals surface area (Å²) >= 11 is 0. The van der Waals surface area contributed by atoms with Gasteiger partial charge >= 0.3 is 0 Å². The molecule has 1 N–H and O–H groups in total. The number of para-hydroxylation sites is 1. The first-order valence-electron chi connectivity index (χ1n) is 7.63. The van der Waals surface area contributed by atoms with E-state index < -0.39 is 0 Å². The van der Waals surface area contributed by atoms with E-state index in [1.807, 2.05) is 54.9 Å². The number of benzene rings is 1. The van der Waals surface area contributed by atoms with Crippen LogP contribution in [0.3, 0.4) is 0 Å². The van der Waals surface area contributed by atoms with Crippen LogP contribution in [0.2, 0.25) is 0 Å². The van der Waals surface area contributed by atoms with Gasteiger partial charge in [0.2, 0.25) is 0 Å². The molecule has 3 heteroatoms. The fourth-order valence-electron chi connectivity index (χ4n) is 2.56. The second kappa shape index (κ2) is 5.60. The molecule has 1 aliphatic rings. The summed E-state index contributed by atoms with van der Waals surface area (Å²) in [6.45, 7) is 0. The Bertz CT molecular complexity index is 762. The van der Waals surface area contributed by atoms with Gasteiger partial charge in [-0.25, -0.2) is 4.98 Å². The molecule has 2 aromatic heterocycles. The third-order valence-corrected chi connectivity index (χ3v) is 3.94. The van der Waals surface area contributed by atoms with Gasteiger partial charge < -0.3 is 5.32 Å². The van der Waals surface area contributed by atoms with E-state index in [4.69, 9.17) is 0 Å². The Balaban J connectivity index is 1.58. The van der Waals surface area contributed by atoms with E-state index in [2.05, 4.69) is 27.4 Å². The maximum Gasteiger partial charge on any atom is 0.130 e. The molecule has 2 heterocycles. The van der Waals surface area contributed by atoms with Crippen molar-refractivity contribution in [2.45, 2.75) is 18.8 Å². The summed E-state index contributed by atoms with van der Waals surface area (Å²) in [5.41, 5.74) is 4.46. The van der Waals surface area contributed by atoms with Crippen LogP contribution in [0.15, 0.2) is 67.0 Å². The minimum absolute atomic E-state index is 0.745. The summed E-state index contributed by atoms with van der Waals surface area (Å²) in [6.07, 6.45) is 6.44.